The Morgan fingerprint density at radius 3 is 2.50 bits per heavy atom. The van der Waals surface area contributed by atoms with Crippen molar-refractivity contribution in [3.63, 3.8) is 0 Å². The summed E-state index contributed by atoms with van der Waals surface area (Å²) in [6.07, 6.45) is 0.0712. The van der Waals surface area contributed by atoms with E-state index in [4.69, 9.17) is 0 Å². The highest BCUT2D eigenvalue weighted by Gasteiger charge is 2.29. The van der Waals surface area contributed by atoms with Crippen LogP contribution < -0.4 is 4.90 Å². The third-order valence-corrected chi connectivity index (χ3v) is 3.38. The third-order valence-electron chi connectivity index (χ3n) is 3.38. The van der Waals surface area contributed by atoms with Crippen molar-refractivity contribution >= 4 is 17.4 Å². The lowest BCUT2D eigenvalue weighted by molar-refractivity contribution is -0.128. The quantitative estimate of drug-likeness (QED) is 0.752. The molecule has 96 valence electrons. The van der Waals surface area contributed by atoms with E-state index in [0.29, 0.717) is 6.54 Å². The lowest BCUT2D eigenvalue weighted by Gasteiger charge is -2.30. The summed E-state index contributed by atoms with van der Waals surface area (Å²) in [4.78, 5) is 26.5. The summed E-state index contributed by atoms with van der Waals surface area (Å²) in [5.41, 5.74) is 1.11. The maximum atomic E-state index is 11.6. The monoisotopic (exact) mass is 246 g/mol. The maximum Gasteiger partial charge on any atom is 0.230 e. The summed E-state index contributed by atoms with van der Waals surface area (Å²) in [6.45, 7) is 2.92. The smallest absolute Gasteiger partial charge is 0.230 e. The number of likely N-dealkylation sites (N-methyl/N-ethyl adjacent to an activating group) is 1. The molecule has 0 radical (unpaired) electrons. The fourth-order valence-corrected chi connectivity index (χ4v) is 2.16. The fourth-order valence-electron chi connectivity index (χ4n) is 2.16. The second kappa shape index (κ2) is 5.21. The van der Waals surface area contributed by atoms with Gasteiger partial charge in [0.05, 0.1) is 13.0 Å². The van der Waals surface area contributed by atoms with E-state index in [2.05, 4.69) is 11.8 Å². The van der Waals surface area contributed by atoms with E-state index in [-0.39, 0.29) is 30.7 Å². The molecule has 0 N–H and O–H groups in total. The molecule has 0 spiro atoms. The zero-order valence-electron chi connectivity index (χ0n) is 10.8. The topological polar surface area (TPSA) is 40.6 Å². The Morgan fingerprint density at radius 1 is 1.28 bits per heavy atom. The predicted molar refractivity (Wildman–Crippen MR) is 70.5 cm³/mol. The van der Waals surface area contributed by atoms with Crippen molar-refractivity contribution in [2.24, 2.45) is 0 Å². The number of likely N-dealkylation sites (tertiary alicyclic amines) is 1. The summed E-state index contributed by atoms with van der Waals surface area (Å²) in [5, 5.41) is 0. The summed E-state index contributed by atoms with van der Waals surface area (Å²) >= 11 is 0. The van der Waals surface area contributed by atoms with Gasteiger partial charge in [0.25, 0.3) is 0 Å². The van der Waals surface area contributed by atoms with E-state index in [9.17, 15) is 9.59 Å². The molecule has 1 unspecified atom stereocenters. The lowest BCUT2D eigenvalue weighted by Crippen LogP contribution is -2.41. The minimum absolute atomic E-state index is 0.0227. The van der Waals surface area contributed by atoms with Crippen LogP contribution in [0.15, 0.2) is 30.3 Å². The first-order valence-corrected chi connectivity index (χ1v) is 6.15. The Bertz CT molecular complexity index is 444. The molecule has 18 heavy (non-hydrogen) atoms. The molecule has 0 bridgehead atoms. The van der Waals surface area contributed by atoms with Crippen LogP contribution in [0.4, 0.5) is 5.69 Å². The molecule has 0 aromatic heterocycles. The average molecular weight is 246 g/mol. The highest BCUT2D eigenvalue weighted by molar-refractivity contribution is 6.05. The number of benzene rings is 1. The number of carbonyl (C=O) groups excluding carboxylic acids is 2. The van der Waals surface area contributed by atoms with Crippen LogP contribution in [-0.2, 0) is 9.59 Å². The van der Waals surface area contributed by atoms with Crippen molar-refractivity contribution in [3.05, 3.63) is 30.3 Å². The molecule has 1 aromatic rings. The number of para-hydroxylation sites is 1. The van der Waals surface area contributed by atoms with E-state index >= 15 is 0 Å². The highest BCUT2D eigenvalue weighted by Crippen LogP contribution is 2.16. The van der Waals surface area contributed by atoms with Crippen LogP contribution in [0.2, 0.25) is 0 Å². The average Bonchev–Trinajstić information content (AvgIpc) is 2.68. The van der Waals surface area contributed by atoms with Gasteiger partial charge in [-0.25, -0.2) is 0 Å². The zero-order valence-corrected chi connectivity index (χ0v) is 10.8. The second-order valence-electron chi connectivity index (χ2n) is 4.79. The Morgan fingerprint density at radius 2 is 1.94 bits per heavy atom. The molecular weight excluding hydrogens is 228 g/mol. The lowest BCUT2D eigenvalue weighted by atomic mass is 10.2. The molecule has 1 fully saturated rings. The van der Waals surface area contributed by atoms with Gasteiger partial charge < -0.3 is 9.80 Å². The standard InChI is InChI=1S/C14H18N2O2/c1-11(9-16-10-13(17)8-14(16)18)15(2)12-6-4-3-5-7-12/h3-7,11H,8-10H2,1-2H3. The Hall–Kier alpha value is -1.84. The number of hydrogen-bond acceptors (Lipinski definition) is 3. The molecule has 4 nitrogen and oxygen atoms in total. The number of ketones is 1. The van der Waals surface area contributed by atoms with Gasteiger partial charge in [0.1, 0.15) is 0 Å². The Kier molecular flexibility index (Phi) is 3.65. The molecule has 0 aliphatic carbocycles. The van der Waals surface area contributed by atoms with Gasteiger partial charge in [0.2, 0.25) is 5.91 Å². The number of Topliss-reactive ketones (excluding diaryl/α,β-unsaturated/α-hetero) is 1. The summed E-state index contributed by atoms with van der Waals surface area (Å²) in [6, 6.07) is 10.2. The molecule has 1 aromatic carbocycles. The highest BCUT2D eigenvalue weighted by atomic mass is 16.2. The van der Waals surface area contributed by atoms with Gasteiger partial charge in [-0.05, 0) is 19.1 Å². The molecule has 1 aliphatic heterocycles. The predicted octanol–water partition coefficient (Wildman–Crippen LogP) is 1.31. The molecule has 1 saturated heterocycles. The minimum Gasteiger partial charge on any atom is -0.370 e. The number of anilines is 1. The van der Waals surface area contributed by atoms with E-state index < -0.39 is 0 Å². The fraction of sp³-hybridized carbons (Fsp3) is 0.429. The molecule has 1 amide bonds. The largest absolute Gasteiger partial charge is 0.370 e. The van der Waals surface area contributed by atoms with Crippen molar-refractivity contribution < 1.29 is 9.59 Å². The van der Waals surface area contributed by atoms with Gasteiger partial charge in [-0.15, -0.1) is 0 Å². The van der Waals surface area contributed by atoms with Crippen LogP contribution in [0.25, 0.3) is 0 Å². The molecule has 1 aliphatic rings. The Balaban J connectivity index is 1.98. The van der Waals surface area contributed by atoms with Crippen LogP contribution >= 0.6 is 0 Å². The normalized spacial score (nSPS) is 17.1. The molecule has 2 rings (SSSR count). The van der Waals surface area contributed by atoms with Crippen LogP contribution in [0, 0.1) is 0 Å². The summed E-state index contributed by atoms with van der Waals surface area (Å²) in [7, 11) is 2.00. The number of nitrogens with zero attached hydrogens (tertiary/aromatic N) is 2. The van der Waals surface area contributed by atoms with Gasteiger partial charge in [-0.3, -0.25) is 9.59 Å². The Labute approximate surface area is 107 Å². The first-order valence-electron chi connectivity index (χ1n) is 6.15. The van der Waals surface area contributed by atoms with Crippen LogP contribution in [0.3, 0.4) is 0 Å². The van der Waals surface area contributed by atoms with E-state index in [1.54, 1.807) is 4.90 Å². The SMILES string of the molecule is CC(CN1CC(=O)CC1=O)N(C)c1ccccc1. The van der Waals surface area contributed by atoms with E-state index in [1.807, 2.05) is 37.4 Å². The van der Waals surface area contributed by atoms with Gasteiger partial charge >= 0.3 is 0 Å². The number of rotatable bonds is 4. The minimum atomic E-state index is -0.0479. The summed E-state index contributed by atoms with van der Waals surface area (Å²) in [5.74, 6) is -0.0251. The molecule has 1 heterocycles. The molecule has 4 heteroatoms. The molecule has 1 atom stereocenters. The first kappa shape index (κ1) is 12.6. The third kappa shape index (κ3) is 2.70. The van der Waals surface area contributed by atoms with Crippen molar-refractivity contribution in [2.45, 2.75) is 19.4 Å². The van der Waals surface area contributed by atoms with Gasteiger partial charge in [0, 0.05) is 25.3 Å². The van der Waals surface area contributed by atoms with E-state index in [1.165, 1.54) is 0 Å². The van der Waals surface area contributed by atoms with Gasteiger partial charge in [-0.1, -0.05) is 18.2 Å². The number of carbonyl (C=O) groups is 2. The molecule has 0 saturated carbocycles. The van der Waals surface area contributed by atoms with Crippen molar-refractivity contribution in [1.29, 1.82) is 0 Å². The van der Waals surface area contributed by atoms with Gasteiger partial charge in [0.15, 0.2) is 5.78 Å². The first-order chi connectivity index (χ1) is 8.58. The second-order valence-corrected chi connectivity index (χ2v) is 4.79. The van der Waals surface area contributed by atoms with Crippen LogP contribution in [-0.4, -0.2) is 42.8 Å². The number of amides is 1. The van der Waals surface area contributed by atoms with Crippen LogP contribution in [0.5, 0.6) is 0 Å². The maximum absolute atomic E-state index is 11.6. The van der Waals surface area contributed by atoms with Crippen molar-refractivity contribution in [1.82, 2.24) is 4.90 Å². The zero-order chi connectivity index (χ0) is 13.1. The summed E-state index contributed by atoms with van der Waals surface area (Å²) < 4.78 is 0. The van der Waals surface area contributed by atoms with Gasteiger partial charge in [-0.2, -0.15) is 0 Å². The van der Waals surface area contributed by atoms with Crippen molar-refractivity contribution in [2.75, 3.05) is 25.0 Å². The van der Waals surface area contributed by atoms with Crippen LogP contribution in [0.1, 0.15) is 13.3 Å². The van der Waals surface area contributed by atoms with Crippen molar-refractivity contribution in [3.8, 4) is 0 Å². The van der Waals surface area contributed by atoms with E-state index in [0.717, 1.165) is 5.69 Å². The molecular formula is C14H18N2O2. The number of hydrogen-bond donors (Lipinski definition) is 0.